The minimum Gasteiger partial charge on any atom is -0.389 e. The summed E-state index contributed by atoms with van der Waals surface area (Å²) in [5.41, 5.74) is 3.10. The summed E-state index contributed by atoms with van der Waals surface area (Å²) in [6.07, 6.45) is 16.4. The minimum atomic E-state index is -0.866. The summed E-state index contributed by atoms with van der Waals surface area (Å²) in [5.74, 6) is 0.900. The third-order valence-electron chi connectivity index (χ3n) is 15.4. The molecular weight excluding hydrogens is 626 g/mol. The van der Waals surface area contributed by atoms with Crippen molar-refractivity contribution in [3.8, 4) is 11.1 Å². The monoisotopic (exact) mass is 685 g/mol. The molecule has 5 aliphatic carbocycles. The van der Waals surface area contributed by atoms with Crippen LogP contribution in [0, 0.1) is 34.0 Å². The molecule has 272 valence electrons. The molecule has 0 radical (unpaired) electrons. The lowest BCUT2D eigenvalue weighted by Gasteiger charge is -2.70. The molecule has 2 N–H and O–H groups in total. The van der Waals surface area contributed by atoms with Crippen LogP contribution in [0.5, 0.6) is 0 Å². The van der Waals surface area contributed by atoms with Crippen LogP contribution in [-0.2, 0) is 25.4 Å². The fraction of sp³-hybridized carbons (Fsp3) is 0.744. The molecule has 9 atom stereocenters. The zero-order valence-corrected chi connectivity index (χ0v) is 30.6. The highest BCUT2D eigenvalue weighted by Gasteiger charge is 2.73. The van der Waals surface area contributed by atoms with Crippen LogP contribution in [0.3, 0.4) is 0 Å². The molecule has 0 bridgehead atoms. The van der Waals surface area contributed by atoms with Crippen molar-refractivity contribution in [1.29, 1.82) is 0 Å². The first kappa shape index (κ1) is 33.9. The van der Waals surface area contributed by atoms with Crippen molar-refractivity contribution < 1.29 is 29.2 Å². The van der Waals surface area contributed by atoms with Gasteiger partial charge in [0, 0.05) is 49.3 Å². The first-order valence-corrected chi connectivity index (χ1v) is 20.0. The maximum atomic E-state index is 13.2. The van der Waals surface area contributed by atoms with Gasteiger partial charge in [0.15, 0.2) is 12.1 Å². The number of pyridine rings is 1. The summed E-state index contributed by atoms with van der Waals surface area (Å²) in [6, 6.07) is 11.2. The van der Waals surface area contributed by atoms with Gasteiger partial charge in [-0.1, -0.05) is 45.0 Å². The molecule has 2 saturated heterocycles. The molecule has 7 heteroatoms. The van der Waals surface area contributed by atoms with Gasteiger partial charge < -0.3 is 29.2 Å². The molecule has 6 fully saturated rings. The fourth-order valence-corrected chi connectivity index (χ4v) is 12.9. The number of aliphatic hydroxyl groups is 2. The van der Waals surface area contributed by atoms with E-state index >= 15 is 0 Å². The Balaban J connectivity index is 1.06. The Morgan fingerprint density at radius 1 is 0.940 bits per heavy atom. The van der Waals surface area contributed by atoms with Crippen LogP contribution < -0.4 is 0 Å². The summed E-state index contributed by atoms with van der Waals surface area (Å²) in [6.45, 7) is 9.60. The van der Waals surface area contributed by atoms with Gasteiger partial charge in [-0.15, -0.1) is 0 Å². The van der Waals surface area contributed by atoms with E-state index in [2.05, 4.69) is 50.0 Å². The molecule has 1 aromatic heterocycles. The molecule has 9 rings (SSSR count). The summed E-state index contributed by atoms with van der Waals surface area (Å²) >= 11 is 0. The van der Waals surface area contributed by atoms with Crippen LogP contribution in [0.25, 0.3) is 11.1 Å². The van der Waals surface area contributed by atoms with E-state index in [4.69, 9.17) is 18.9 Å². The Kier molecular flexibility index (Phi) is 8.20. The van der Waals surface area contributed by atoms with Gasteiger partial charge in [0.2, 0.25) is 0 Å². The molecule has 1 aromatic carbocycles. The molecule has 3 unspecified atom stereocenters. The Labute approximate surface area is 298 Å². The predicted octanol–water partition coefficient (Wildman–Crippen LogP) is 7.96. The molecule has 2 spiro atoms. The Morgan fingerprint density at radius 3 is 2.58 bits per heavy atom. The van der Waals surface area contributed by atoms with Crippen molar-refractivity contribution in [2.75, 3.05) is 26.4 Å². The maximum absolute atomic E-state index is 13.2. The van der Waals surface area contributed by atoms with Crippen molar-refractivity contribution in [1.82, 2.24) is 4.98 Å². The van der Waals surface area contributed by atoms with Gasteiger partial charge in [-0.2, -0.15) is 0 Å². The van der Waals surface area contributed by atoms with Gasteiger partial charge in [-0.25, -0.2) is 0 Å². The molecule has 7 aliphatic rings. The summed E-state index contributed by atoms with van der Waals surface area (Å²) in [7, 11) is 0. The van der Waals surface area contributed by atoms with Gasteiger partial charge in [0.1, 0.15) is 0 Å². The maximum Gasteiger partial charge on any atom is 0.171 e. The van der Waals surface area contributed by atoms with Crippen LogP contribution in [0.15, 0.2) is 42.7 Å². The van der Waals surface area contributed by atoms with Crippen molar-refractivity contribution in [3.05, 3.63) is 53.9 Å². The second-order valence-electron chi connectivity index (χ2n) is 18.8. The molecule has 2 aromatic rings. The largest absolute Gasteiger partial charge is 0.389 e. The SMILES string of the molecule is CC1(C)COC2(CC[C@@]34Cc5cc(-c6cccnc6)ccc5C5C[C@@]6(C)[C@H](CC[C@]6(O)CCCOC6CCCCO6)[C@H](CC[C@@]3(O)C2)C54)OC1. The highest BCUT2D eigenvalue weighted by atomic mass is 16.7. The molecule has 3 heterocycles. The third kappa shape index (κ3) is 5.22. The van der Waals surface area contributed by atoms with Gasteiger partial charge >= 0.3 is 0 Å². The lowest BCUT2D eigenvalue weighted by molar-refractivity contribution is -0.358. The van der Waals surface area contributed by atoms with Crippen LogP contribution in [0.1, 0.15) is 121 Å². The van der Waals surface area contributed by atoms with Gasteiger partial charge in [-0.3, -0.25) is 4.98 Å². The van der Waals surface area contributed by atoms with Crippen molar-refractivity contribution in [2.24, 2.45) is 34.0 Å². The van der Waals surface area contributed by atoms with E-state index in [1.807, 2.05) is 18.5 Å². The number of hydrogen-bond acceptors (Lipinski definition) is 7. The van der Waals surface area contributed by atoms with Crippen molar-refractivity contribution in [2.45, 2.75) is 140 Å². The van der Waals surface area contributed by atoms with Gasteiger partial charge in [0.25, 0.3) is 0 Å². The molecule has 4 saturated carbocycles. The van der Waals surface area contributed by atoms with E-state index in [0.717, 1.165) is 89.2 Å². The minimum absolute atomic E-state index is 0.0128. The highest BCUT2D eigenvalue weighted by Crippen LogP contribution is 2.75. The quantitative estimate of drug-likeness (QED) is 0.298. The second kappa shape index (κ2) is 12.1. The number of ether oxygens (including phenoxy) is 4. The van der Waals surface area contributed by atoms with Crippen molar-refractivity contribution in [3.63, 3.8) is 0 Å². The second-order valence-corrected chi connectivity index (χ2v) is 18.8. The zero-order chi connectivity index (χ0) is 34.4. The van der Waals surface area contributed by atoms with E-state index in [9.17, 15) is 10.2 Å². The van der Waals surface area contributed by atoms with Crippen LogP contribution in [0.4, 0.5) is 0 Å². The Bertz CT molecular complexity index is 1560. The first-order valence-electron chi connectivity index (χ1n) is 20.0. The normalized spacial score (nSPS) is 42.6. The molecule has 0 amide bonds. The number of fused-ring (bicyclic) bond motifs is 4. The van der Waals surface area contributed by atoms with E-state index in [1.54, 1.807) is 0 Å². The van der Waals surface area contributed by atoms with Crippen LogP contribution >= 0.6 is 0 Å². The lowest BCUT2D eigenvalue weighted by atomic mass is 9.36. The Morgan fingerprint density at radius 2 is 1.80 bits per heavy atom. The Hall–Kier alpha value is -1.87. The average Bonchev–Trinajstić information content (AvgIpc) is 3.38. The van der Waals surface area contributed by atoms with E-state index in [1.165, 1.54) is 23.1 Å². The number of benzene rings is 1. The number of aromatic nitrogens is 1. The van der Waals surface area contributed by atoms with Crippen LogP contribution in [-0.4, -0.2) is 64.9 Å². The first-order chi connectivity index (χ1) is 24.0. The predicted molar refractivity (Wildman–Crippen MR) is 191 cm³/mol. The molecule has 7 nitrogen and oxygen atoms in total. The standard InChI is InChI=1S/C43H59NO6/c1-38(2)27-49-43(50-28-38)18-17-40-23-31-22-29(30-8-6-19-44-25-30)10-11-32(31)34-24-39(3)35(33(37(34)40)12-15-42(40,46)26-43)13-16-41(39,45)14-7-21-48-36-9-4-5-20-47-36/h6,8,10-11,19,22,25,33-37,45-46H,4-5,7,9,12-18,20-21,23-24,26-28H2,1-3H3/t33-,34?,35+,36?,37?,39-,40-,41+,42+/m0/s1. The number of rotatable bonds is 6. The van der Waals surface area contributed by atoms with E-state index in [0.29, 0.717) is 44.0 Å². The molecule has 50 heavy (non-hydrogen) atoms. The summed E-state index contributed by atoms with van der Waals surface area (Å²) < 4.78 is 25.2. The number of hydrogen-bond donors (Lipinski definition) is 2. The van der Waals surface area contributed by atoms with E-state index < -0.39 is 17.0 Å². The smallest absolute Gasteiger partial charge is 0.171 e. The highest BCUT2D eigenvalue weighted by molar-refractivity contribution is 5.65. The lowest BCUT2D eigenvalue weighted by Crippen LogP contribution is -2.71. The van der Waals surface area contributed by atoms with Crippen molar-refractivity contribution >= 4 is 0 Å². The fourth-order valence-electron chi connectivity index (χ4n) is 12.9. The molecule has 2 aliphatic heterocycles. The van der Waals surface area contributed by atoms with Gasteiger partial charge in [0.05, 0.1) is 24.4 Å². The summed E-state index contributed by atoms with van der Waals surface area (Å²) in [4.78, 5) is 4.43. The topological polar surface area (TPSA) is 90.3 Å². The van der Waals surface area contributed by atoms with Gasteiger partial charge in [-0.05, 0) is 134 Å². The van der Waals surface area contributed by atoms with Crippen LogP contribution in [0.2, 0.25) is 0 Å². The number of nitrogens with zero attached hydrogens (tertiary/aromatic N) is 1. The zero-order valence-electron chi connectivity index (χ0n) is 30.6. The summed E-state index contributed by atoms with van der Waals surface area (Å²) in [5, 5.41) is 25.9. The average molecular weight is 686 g/mol. The molecular formula is C43H59NO6. The van der Waals surface area contributed by atoms with E-state index in [-0.39, 0.29) is 28.5 Å². The third-order valence-corrected chi connectivity index (χ3v) is 15.4.